The molecule has 0 radical (unpaired) electrons. The first-order valence-electron chi connectivity index (χ1n) is 5.33. The lowest BCUT2D eigenvalue weighted by Crippen LogP contribution is -1.89. The molecule has 2 aromatic rings. The third kappa shape index (κ3) is 2.34. The van der Waals surface area contributed by atoms with E-state index in [4.69, 9.17) is 10.00 Å². The van der Waals surface area contributed by atoms with E-state index in [0.29, 0.717) is 11.3 Å². The molecule has 5 heteroatoms. The molecule has 0 aliphatic rings. The second-order valence-corrected chi connectivity index (χ2v) is 4.79. The molecule has 3 nitrogen and oxygen atoms in total. The van der Waals surface area contributed by atoms with E-state index < -0.39 is 0 Å². The van der Waals surface area contributed by atoms with Crippen molar-refractivity contribution in [2.75, 3.05) is 7.11 Å². The normalized spacial score (nSPS) is 10.1. The van der Waals surface area contributed by atoms with Crippen LogP contribution in [0.2, 0.25) is 0 Å². The van der Waals surface area contributed by atoms with Crippen molar-refractivity contribution < 1.29 is 9.13 Å². The van der Waals surface area contributed by atoms with Crippen LogP contribution < -0.4 is 4.74 Å². The minimum Gasteiger partial charge on any atom is -0.496 e. The maximum Gasteiger partial charge on any atom is 0.127 e. The first-order valence-corrected chi connectivity index (χ1v) is 6.14. The van der Waals surface area contributed by atoms with Gasteiger partial charge in [-0.25, -0.2) is 9.37 Å². The highest BCUT2D eigenvalue weighted by Gasteiger charge is 2.14. The summed E-state index contributed by atoms with van der Waals surface area (Å²) in [5.41, 5.74) is 1.46. The second kappa shape index (κ2) is 5.15. The number of nitriles is 1. The molecule has 0 bridgehead atoms. The highest BCUT2D eigenvalue weighted by molar-refractivity contribution is 7.15. The van der Waals surface area contributed by atoms with Crippen LogP contribution in [-0.2, 0) is 6.42 Å². The fourth-order valence-corrected chi connectivity index (χ4v) is 2.72. The molecule has 0 amide bonds. The van der Waals surface area contributed by atoms with Crippen LogP contribution in [0.25, 0.3) is 10.4 Å². The number of benzene rings is 1. The van der Waals surface area contributed by atoms with Gasteiger partial charge in [-0.15, -0.1) is 11.3 Å². The average Bonchev–Trinajstić information content (AvgIpc) is 2.70. The molecule has 0 unspecified atom stereocenters. The molecule has 2 rings (SSSR count). The average molecular weight is 262 g/mol. The van der Waals surface area contributed by atoms with Crippen molar-refractivity contribution >= 4 is 11.3 Å². The third-order valence-electron chi connectivity index (χ3n) is 2.48. The van der Waals surface area contributed by atoms with Gasteiger partial charge in [0.2, 0.25) is 0 Å². The van der Waals surface area contributed by atoms with Crippen LogP contribution in [0, 0.1) is 24.1 Å². The number of methoxy groups -OCH3 is 1. The van der Waals surface area contributed by atoms with Crippen molar-refractivity contribution in [1.82, 2.24) is 4.98 Å². The summed E-state index contributed by atoms with van der Waals surface area (Å²) >= 11 is 1.40. The number of aryl methyl sites for hydroxylation is 1. The van der Waals surface area contributed by atoms with Crippen LogP contribution in [0.3, 0.4) is 0 Å². The molecule has 0 aliphatic carbocycles. The van der Waals surface area contributed by atoms with Crippen LogP contribution in [0.5, 0.6) is 5.75 Å². The maximum atomic E-state index is 13.3. The molecule has 1 heterocycles. The zero-order valence-electron chi connectivity index (χ0n) is 10.0. The van der Waals surface area contributed by atoms with Gasteiger partial charge in [0.15, 0.2) is 0 Å². The standard InChI is InChI=1S/C13H11FN2OS/c1-8-13(18-12(16-8)5-6-15)10-7-9(14)3-4-11(10)17-2/h3-4,7H,5H2,1-2H3. The molecule has 92 valence electrons. The number of rotatable bonds is 3. The number of hydrogen-bond donors (Lipinski definition) is 0. The van der Waals surface area contributed by atoms with Gasteiger partial charge in [0, 0.05) is 5.56 Å². The van der Waals surface area contributed by atoms with Gasteiger partial charge in [-0.05, 0) is 25.1 Å². The highest BCUT2D eigenvalue weighted by atomic mass is 32.1. The number of ether oxygens (including phenoxy) is 1. The molecule has 1 aromatic heterocycles. The molecule has 0 saturated heterocycles. The van der Waals surface area contributed by atoms with E-state index in [9.17, 15) is 4.39 Å². The summed E-state index contributed by atoms with van der Waals surface area (Å²) in [6.07, 6.45) is 0.267. The lowest BCUT2D eigenvalue weighted by molar-refractivity contribution is 0.415. The lowest BCUT2D eigenvalue weighted by atomic mass is 10.1. The summed E-state index contributed by atoms with van der Waals surface area (Å²) in [7, 11) is 1.54. The van der Waals surface area contributed by atoms with Crippen molar-refractivity contribution in [2.24, 2.45) is 0 Å². The number of hydrogen-bond acceptors (Lipinski definition) is 4. The van der Waals surface area contributed by atoms with Crippen molar-refractivity contribution in [3.05, 3.63) is 34.7 Å². The first-order chi connectivity index (χ1) is 8.65. The Morgan fingerprint density at radius 2 is 2.28 bits per heavy atom. The summed E-state index contributed by atoms with van der Waals surface area (Å²) < 4.78 is 18.6. The van der Waals surface area contributed by atoms with Crippen LogP contribution in [0.4, 0.5) is 4.39 Å². The van der Waals surface area contributed by atoms with Gasteiger partial charge >= 0.3 is 0 Å². The van der Waals surface area contributed by atoms with Crippen LogP contribution in [0.15, 0.2) is 18.2 Å². The zero-order valence-corrected chi connectivity index (χ0v) is 10.8. The molecule has 18 heavy (non-hydrogen) atoms. The Hall–Kier alpha value is -1.93. The minimum absolute atomic E-state index is 0.267. The number of halogens is 1. The van der Waals surface area contributed by atoms with Gasteiger partial charge in [0.05, 0.1) is 30.2 Å². The quantitative estimate of drug-likeness (QED) is 0.852. The van der Waals surface area contributed by atoms with Gasteiger partial charge in [0.25, 0.3) is 0 Å². The zero-order chi connectivity index (χ0) is 13.1. The van der Waals surface area contributed by atoms with Gasteiger partial charge in [-0.2, -0.15) is 5.26 Å². The summed E-state index contributed by atoms with van der Waals surface area (Å²) in [4.78, 5) is 5.14. The molecular formula is C13H11FN2OS. The van der Waals surface area contributed by atoms with E-state index in [1.54, 1.807) is 13.2 Å². The molecule has 0 fully saturated rings. The fraction of sp³-hybridized carbons (Fsp3) is 0.231. The smallest absolute Gasteiger partial charge is 0.127 e. The predicted molar refractivity (Wildman–Crippen MR) is 68.1 cm³/mol. The Labute approximate surface area is 108 Å². The highest BCUT2D eigenvalue weighted by Crippen LogP contribution is 2.36. The van der Waals surface area contributed by atoms with Crippen LogP contribution in [-0.4, -0.2) is 12.1 Å². The number of nitrogens with zero attached hydrogens (tertiary/aromatic N) is 2. The third-order valence-corrected chi connectivity index (χ3v) is 3.67. The predicted octanol–water partition coefficient (Wildman–Crippen LogP) is 3.33. The van der Waals surface area contributed by atoms with Gasteiger partial charge in [-0.3, -0.25) is 0 Å². The molecule has 0 spiro atoms. The molecular weight excluding hydrogens is 251 g/mol. The van der Waals surface area contributed by atoms with E-state index in [2.05, 4.69) is 11.1 Å². The Kier molecular flexibility index (Phi) is 3.58. The maximum absolute atomic E-state index is 13.3. The summed E-state index contributed by atoms with van der Waals surface area (Å²) in [6.45, 7) is 1.84. The van der Waals surface area contributed by atoms with E-state index in [-0.39, 0.29) is 12.2 Å². The van der Waals surface area contributed by atoms with Gasteiger partial charge < -0.3 is 4.74 Å². The van der Waals surface area contributed by atoms with E-state index in [1.165, 1.54) is 23.5 Å². The first kappa shape index (κ1) is 12.5. The second-order valence-electron chi connectivity index (χ2n) is 3.70. The molecule has 0 atom stereocenters. The Morgan fingerprint density at radius 1 is 1.50 bits per heavy atom. The Bertz CT molecular complexity index is 616. The van der Waals surface area contributed by atoms with Crippen molar-refractivity contribution in [3.8, 4) is 22.3 Å². The minimum atomic E-state index is -0.319. The summed E-state index contributed by atoms with van der Waals surface area (Å²) in [5.74, 6) is 0.284. The fourth-order valence-electron chi connectivity index (χ4n) is 1.70. The summed E-state index contributed by atoms with van der Waals surface area (Å²) in [5, 5.41) is 9.40. The molecule has 0 aliphatic heterocycles. The van der Waals surface area contributed by atoms with E-state index >= 15 is 0 Å². The van der Waals surface area contributed by atoms with Gasteiger partial charge in [0.1, 0.15) is 16.6 Å². The van der Waals surface area contributed by atoms with E-state index in [1.807, 2.05) is 6.92 Å². The molecule has 0 saturated carbocycles. The van der Waals surface area contributed by atoms with Crippen LogP contribution in [0.1, 0.15) is 10.7 Å². The van der Waals surface area contributed by atoms with Gasteiger partial charge in [-0.1, -0.05) is 0 Å². The number of thiazole rings is 1. The monoisotopic (exact) mass is 262 g/mol. The van der Waals surface area contributed by atoms with Crippen molar-refractivity contribution in [2.45, 2.75) is 13.3 Å². The topological polar surface area (TPSA) is 45.9 Å². The molecule has 1 aromatic carbocycles. The van der Waals surface area contributed by atoms with E-state index in [0.717, 1.165) is 15.6 Å². The molecule has 0 N–H and O–H groups in total. The number of aromatic nitrogens is 1. The Morgan fingerprint density at radius 3 is 2.94 bits per heavy atom. The largest absolute Gasteiger partial charge is 0.496 e. The lowest BCUT2D eigenvalue weighted by Gasteiger charge is -2.07. The Balaban J connectivity index is 2.54. The van der Waals surface area contributed by atoms with Crippen LogP contribution >= 0.6 is 11.3 Å². The summed E-state index contributed by atoms with van der Waals surface area (Å²) in [6, 6.07) is 6.43. The van der Waals surface area contributed by atoms with Crippen molar-refractivity contribution in [3.63, 3.8) is 0 Å². The SMILES string of the molecule is COc1ccc(F)cc1-c1sc(CC#N)nc1C. The van der Waals surface area contributed by atoms with Crippen molar-refractivity contribution in [1.29, 1.82) is 5.26 Å².